The molecule has 5 aliphatic rings. The van der Waals surface area contributed by atoms with Crippen molar-refractivity contribution in [3.05, 3.63) is 18.2 Å². The van der Waals surface area contributed by atoms with Crippen LogP contribution in [0.3, 0.4) is 0 Å². The summed E-state index contributed by atoms with van der Waals surface area (Å²) in [5.74, 6) is 2.05. The number of hydrogen-bond acceptors (Lipinski definition) is 6. The molecule has 0 aliphatic carbocycles. The average molecular weight is 450 g/mol. The molecule has 2 amide bonds. The number of urea groups is 1. The monoisotopic (exact) mass is 449 g/mol. The van der Waals surface area contributed by atoms with Gasteiger partial charge in [-0.15, -0.1) is 0 Å². The van der Waals surface area contributed by atoms with Crippen LogP contribution in [0.15, 0.2) is 18.2 Å². The molecule has 4 saturated heterocycles. The van der Waals surface area contributed by atoms with E-state index in [1.165, 1.54) is 0 Å². The minimum absolute atomic E-state index is 0.0216. The molecule has 31 heavy (non-hydrogen) atoms. The number of rotatable bonds is 1. The summed E-state index contributed by atoms with van der Waals surface area (Å²) in [5.41, 5.74) is 1.15. The topological polar surface area (TPSA) is 79.4 Å². The van der Waals surface area contributed by atoms with Crippen molar-refractivity contribution in [3.8, 4) is 11.5 Å². The van der Waals surface area contributed by atoms with E-state index >= 15 is 0 Å². The molecule has 170 valence electrons. The van der Waals surface area contributed by atoms with Crippen LogP contribution in [0, 0.1) is 11.3 Å². The first kappa shape index (κ1) is 20.7. The van der Waals surface area contributed by atoms with Crippen molar-refractivity contribution in [1.82, 2.24) is 9.80 Å². The minimum atomic E-state index is -3.01. The van der Waals surface area contributed by atoms with E-state index in [0.717, 1.165) is 30.2 Å². The molecule has 8 nitrogen and oxygen atoms in total. The molecule has 2 bridgehead atoms. The van der Waals surface area contributed by atoms with E-state index in [4.69, 9.17) is 9.47 Å². The molecule has 1 aromatic carbocycles. The lowest BCUT2D eigenvalue weighted by Gasteiger charge is -2.48. The highest BCUT2D eigenvalue weighted by molar-refractivity contribution is 7.91. The smallest absolute Gasteiger partial charge is 0.320 e. The van der Waals surface area contributed by atoms with Crippen LogP contribution in [-0.2, 0) is 9.84 Å². The quantitative estimate of drug-likeness (QED) is 0.651. The van der Waals surface area contributed by atoms with Crippen molar-refractivity contribution in [2.45, 2.75) is 26.3 Å². The van der Waals surface area contributed by atoms with Crippen molar-refractivity contribution in [1.29, 1.82) is 0 Å². The fourth-order valence-corrected chi connectivity index (χ4v) is 6.79. The minimum Gasteiger partial charge on any atom is -0.486 e. The Morgan fingerprint density at radius 1 is 1.00 bits per heavy atom. The summed E-state index contributed by atoms with van der Waals surface area (Å²) in [7, 11) is -3.01. The molecule has 1 aromatic rings. The predicted molar refractivity (Wildman–Crippen MR) is 118 cm³/mol. The van der Waals surface area contributed by atoms with Gasteiger partial charge >= 0.3 is 6.03 Å². The Kier molecular flexibility index (Phi) is 4.99. The van der Waals surface area contributed by atoms with Gasteiger partial charge in [-0.3, -0.25) is 0 Å². The fourth-order valence-electron chi connectivity index (χ4n) is 5.59. The van der Waals surface area contributed by atoms with Crippen LogP contribution >= 0.6 is 0 Å². The van der Waals surface area contributed by atoms with E-state index in [2.05, 4.69) is 30.9 Å². The third kappa shape index (κ3) is 3.92. The molecule has 0 N–H and O–H groups in total. The highest BCUT2D eigenvalue weighted by Gasteiger charge is 2.47. The lowest BCUT2D eigenvalue weighted by Crippen LogP contribution is -2.55. The van der Waals surface area contributed by atoms with Crippen molar-refractivity contribution in [3.63, 3.8) is 0 Å². The van der Waals surface area contributed by atoms with Gasteiger partial charge in [0.2, 0.25) is 0 Å². The molecular formula is C22H31N3O5S. The number of piperidine rings is 1. The lowest BCUT2D eigenvalue weighted by atomic mass is 9.73. The molecule has 0 aromatic heterocycles. The first-order valence-corrected chi connectivity index (χ1v) is 12.9. The summed E-state index contributed by atoms with van der Waals surface area (Å²) in [6, 6.07) is 6.28. The van der Waals surface area contributed by atoms with E-state index in [9.17, 15) is 13.2 Å². The number of sulfone groups is 1. The van der Waals surface area contributed by atoms with Gasteiger partial charge in [0, 0.05) is 44.5 Å². The molecular weight excluding hydrogens is 418 g/mol. The number of hydrogen-bond donors (Lipinski definition) is 0. The zero-order chi connectivity index (χ0) is 21.8. The number of carbonyl (C=O) groups excluding carboxylic acids is 1. The summed E-state index contributed by atoms with van der Waals surface area (Å²) in [6.07, 6.45) is 1.07. The summed E-state index contributed by atoms with van der Waals surface area (Å²) in [6.45, 7) is 8.54. The van der Waals surface area contributed by atoms with Gasteiger partial charge in [0.1, 0.15) is 13.2 Å². The molecule has 5 heterocycles. The molecule has 0 spiro atoms. The summed E-state index contributed by atoms with van der Waals surface area (Å²) >= 11 is 0. The summed E-state index contributed by atoms with van der Waals surface area (Å²) in [5, 5.41) is 0. The first-order chi connectivity index (χ1) is 14.7. The zero-order valence-corrected chi connectivity index (χ0v) is 19.1. The lowest BCUT2D eigenvalue weighted by molar-refractivity contribution is 0.153. The number of benzene rings is 1. The Balaban J connectivity index is 1.39. The number of nitrogens with zero attached hydrogens (tertiary/aromatic N) is 3. The van der Waals surface area contributed by atoms with Gasteiger partial charge in [-0.1, -0.05) is 13.8 Å². The molecule has 5 aliphatic heterocycles. The molecule has 0 radical (unpaired) electrons. The van der Waals surface area contributed by atoms with E-state index in [-0.39, 0.29) is 29.0 Å². The van der Waals surface area contributed by atoms with Gasteiger partial charge in [-0.25, -0.2) is 13.2 Å². The Labute approximate surface area is 184 Å². The molecule has 6 rings (SSSR count). The average Bonchev–Trinajstić information content (AvgIpc) is 3.00. The molecule has 0 saturated carbocycles. The Bertz CT molecular complexity index is 965. The van der Waals surface area contributed by atoms with Gasteiger partial charge in [0.05, 0.1) is 17.5 Å². The van der Waals surface area contributed by atoms with Crippen molar-refractivity contribution in [2.24, 2.45) is 11.3 Å². The third-order valence-corrected chi connectivity index (χ3v) is 8.77. The van der Waals surface area contributed by atoms with Crippen LogP contribution in [0.1, 0.15) is 20.3 Å². The van der Waals surface area contributed by atoms with E-state index in [0.29, 0.717) is 45.3 Å². The standard InChI is InChI=1S/C22H31N3O5S/c1-22(2)12-16-13-24(21(26)23-5-9-31(27,28)10-6-23)15-20(22)25(14-16)17-3-4-18-19(11-17)30-8-7-29-18/h3-4,11,16,20H,5-10,12-15H2,1-2H3/t16?,20-/m1/s1. The van der Waals surface area contributed by atoms with Crippen LogP contribution in [-0.4, -0.2) is 87.7 Å². The second-order valence-corrected chi connectivity index (χ2v) is 12.2. The Morgan fingerprint density at radius 3 is 2.45 bits per heavy atom. The van der Waals surface area contributed by atoms with Crippen LogP contribution < -0.4 is 14.4 Å². The maximum atomic E-state index is 13.3. The number of fused-ring (bicyclic) bond motifs is 5. The Morgan fingerprint density at radius 2 is 1.71 bits per heavy atom. The number of anilines is 1. The van der Waals surface area contributed by atoms with Gasteiger partial charge in [0.25, 0.3) is 0 Å². The second-order valence-electron chi connectivity index (χ2n) is 9.88. The Hall–Kier alpha value is -2.16. The van der Waals surface area contributed by atoms with Crippen molar-refractivity contribution < 1.29 is 22.7 Å². The van der Waals surface area contributed by atoms with Gasteiger partial charge in [-0.05, 0) is 29.9 Å². The van der Waals surface area contributed by atoms with Crippen LogP contribution in [0.5, 0.6) is 11.5 Å². The van der Waals surface area contributed by atoms with Crippen molar-refractivity contribution in [2.75, 3.05) is 62.3 Å². The summed E-state index contributed by atoms with van der Waals surface area (Å²) < 4.78 is 35.0. The predicted octanol–water partition coefficient (Wildman–Crippen LogP) is 1.84. The number of ether oxygens (including phenoxy) is 2. The second kappa shape index (κ2) is 7.46. The molecule has 9 heteroatoms. The fraction of sp³-hybridized carbons (Fsp3) is 0.682. The van der Waals surface area contributed by atoms with E-state index < -0.39 is 9.84 Å². The molecule has 1 unspecified atom stereocenters. The number of carbonyl (C=O) groups is 1. The maximum Gasteiger partial charge on any atom is 0.320 e. The van der Waals surface area contributed by atoms with Gasteiger partial charge < -0.3 is 24.2 Å². The normalized spacial score (nSPS) is 28.9. The van der Waals surface area contributed by atoms with E-state index in [1.54, 1.807) is 4.90 Å². The van der Waals surface area contributed by atoms with Gasteiger partial charge in [-0.2, -0.15) is 0 Å². The SMILES string of the molecule is CC1(C)CC2CN(C(=O)N3CCS(=O)(=O)CC3)C[C@H]1N(c1ccc3c(c1)OCCO3)C2. The highest BCUT2D eigenvalue weighted by atomic mass is 32.2. The van der Waals surface area contributed by atoms with Gasteiger partial charge in [0.15, 0.2) is 21.3 Å². The largest absolute Gasteiger partial charge is 0.486 e. The van der Waals surface area contributed by atoms with Crippen molar-refractivity contribution >= 4 is 21.6 Å². The molecule has 4 fully saturated rings. The van der Waals surface area contributed by atoms with Crippen LogP contribution in [0.25, 0.3) is 0 Å². The zero-order valence-electron chi connectivity index (χ0n) is 18.2. The first-order valence-electron chi connectivity index (χ1n) is 11.1. The number of amides is 2. The highest BCUT2D eigenvalue weighted by Crippen LogP contribution is 2.45. The maximum absolute atomic E-state index is 13.3. The van der Waals surface area contributed by atoms with E-state index in [1.807, 2.05) is 11.0 Å². The third-order valence-electron chi connectivity index (χ3n) is 7.16. The molecule has 2 atom stereocenters. The summed E-state index contributed by atoms with van der Waals surface area (Å²) in [4.78, 5) is 19.4. The van der Waals surface area contributed by atoms with Crippen LogP contribution in [0.4, 0.5) is 10.5 Å². The van der Waals surface area contributed by atoms with Crippen LogP contribution in [0.2, 0.25) is 0 Å².